The molecule has 2 N–H and O–H groups in total. The lowest BCUT2D eigenvalue weighted by Crippen LogP contribution is -2.25. The highest BCUT2D eigenvalue weighted by Crippen LogP contribution is 2.22. The van der Waals surface area contributed by atoms with Gasteiger partial charge in [-0.25, -0.2) is 4.98 Å². The van der Waals surface area contributed by atoms with Gasteiger partial charge in [-0.05, 0) is 43.0 Å². The number of aromatic nitrogens is 2. The average Bonchev–Trinajstić information content (AvgIpc) is 3.04. The Hall–Kier alpha value is -2.30. The third kappa shape index (κ3) is 3.42. The van der Waals surface area contributed by atoms with Crippen LogP contribution < -0.4 is 10.6 Å². The number of rotatable bonds is 5. The first-order valence-electron chi connectivity index (χ1n) is 7.44. The summed E-state index contributed by atoms with van der Waals surface area (Å²) in [6.45, 7) is 2.56. The number of imidazole rings is 1. The molecule has 1 aliphatic rings. The van der Waals surface area contributed by atoms with Gasteiger partial charge in [0.1, 0.15) is 0 Å². The minimum absolute atomic E-state index is 0.00834. The number of hydrogen-bond donors (Lipinski definition) is 2. The topological polar surface area (TPSA) is 59.0 Å². The van der Waals surface area contributed by atoms with Crippen molar-refractivity contribution in [2.75, 3.05) is 18.4 Å². The molecule has 0 saturated carbocycles. The summed E-state index contributed by atoms with van der Waals surface area (Å²) in [6, 6.07) is 5.91. The van der Waals surface area contributed by atoms with Crippen molar-refractivity contribution in [3.05, 3.63) is 48.0 Å². The zero-order chi connectivity index (χ0) is 14.5. The molecule has 0 radical (unpaired) electrons. The fraction of sp³-hybridized carbons (Fsp3) is 0.375. The van der Waals surface area contributed by atoms with E-state index < -0.39 is 0 Å². The molecule has 1 amide bonds. The molecule has 2 aromatic rings. The van der Waals surface area contributed by atoms with E-state index >= 15 is 0 Å². The molecular weight excluding hydrogens is 264 g/mol. The average molecular weight is 284 g/mol. The Bertz CT molecular complexity index is 607. The smallest absolute Gasteiger partial charge is 0.251 e. The van der Waals surface area contributed by atoms with E-state index in [1.807, 2.05) is 29.0 Å². The number of nitrogens with one attached hydrogen (secondary N) is 2. The van der Waals surface area contributed by atoms with Crippen molar-refractivity contribution in [3.63, 3.8) is 0 Å². The van der Waals surface area contributed by atoms with E-state index in [-0.39, 0.29) is 5.91 Å². The summed E-state index contributed by atoms with van der Waals surface area (Å²) in [5, 5.41) is 6.33. The predicted octanol–water partition coefficient (Wildman–Crippen LogP) is 2.06. The number of anilines is 1. The van der Waals surface area contributed by atoms with Crippen molar-refractivity contribution in [1.82, 2.24) is 14.9 Å². The van der Waals surface area contributed by atoms with Crippen molar-refractivity contribution in [3.8, 4) is 0 Å². The second-order valence-corrected chi connectivity index (χ2v) is 5.31. The first kappa shape index (κ1) is 13.7. The molecule has 21 heavy (non-hydrogen) atoms. The Morgan fingerprint density at radius 1 is 1.43 bits per heavy atom. The minimum atomic E-state index is 0.00834. The largest absolute Gasteiger partial charge is 0.385 e. The standard InChI is InChI=1S/C16H20N4O/c21-16(19-7-2-9-20-10-8-17-12-20)14-4-5-15-13(11-14)3-1-6-18-15/h4-5,8,10-12,18H,1-3,6-7,9H2,(H,19,21). The number of hydrogen-bond acceptors (Lipinski definition) is 3. The molecule has 1 aromatic heterocycles. The maximum Gasteiger partial charge on any atom is 0.251 e. The number of benzene rings is 1. The van der Waals surface area contributed by atoms with Crippen LogP contribution in [0, 0.1) is 0 Å². The fourth-order valence-corrected chi connectivity index (χ4v) is 2.60. The van der Waals surface area contributed by atoms with Crippen molar-refractivity contribution >= 4 is 11.6 Å². The van der Waals surface area contributed by atoms with E-state index in [1.54, 1.807) is 12.5 Å². The first-order valence-corrected chi connectivity index (χ1v) is 7.44. The molecule has 1 aromatic carbocycles. The Kier molecular flexibility index (Phi) is 4.19. The maximum absolute atomic E-state index is 12.1. The second-order valence-electron chi connectivity index (χ2n) is 5.31. The zero-order valence-electron chi connectivity index (χ0n) is 12.0. The van der Waals surface area contributed by atoms with Crippen LogP contribution >= 0.6 is 0 Å². The Balaban J connectivity index is 1.51. The first-order chi connectivity index (χ1) is 10.3. The Morgan fingerprint density at radius 3 is 3.24 bits per heavy atom. The third-order valence-corrected chi connectivity index (χ3v) is 3.74. The molecule has 1 aliphatic heterocycles. The molecule has 0 spiro atoms. The monoisotopic (exact) mass is 284 g/mol. The molecule has 5 heteroatoms. The molecule has 0 bridgehead atoms. The highest BCUT2D eigenvalue weighted by atomic mass is 16.1. The lowest BCUT2D eigenvalue weighted by molar-refractivity contribution is 0.0952. The van der Waals surface area contributed by atoms with E-state index in [4.69, 9.17) is 0 Å². The lowest BCUT2D eigenvalue weighted by atomic mass is 10.0. The van der Waals surface area contributed by atoms with Crippen molar-refractivity contribution in [2.45, 2.75) is 25.8 Å². The van der Waals surface area contributed by atoms with Gasteiger partial charge in [0.2, 0.25) is 0 Å². The van der Waals surface area contributed by atoms with Crippen molar-refractivity contribution in [1.29, 1.82) is 0 Å². The molecule has 0 unspecified atom stereocenters. The molecule has 5 nitrogen and oxygen atoms in total. The Morgan fingerprint density at radius 2 is 2.38 bits per heavy atom. The quantitative estimate of drug-likeness (QED) is 0.826. The van der Waals surface area contributed by atoms with Gasteiger partial charge in [0.25, 0.3) is 5.91 Å². The van der Waals surface area contributed by atoms with Crippen LogP contribution in [0.2, 0.25) is 0 Å². The summed E-state index contributed by atoms with van der Waals surface area (Å²) >= 11 is 0. The second kappa shape index (κ2) is 6.43. The van der Waals surface area contributed by atoms with Gasteiger partial charge in [-0.15, -0.1) is 0 Å². The van der Waals surface area contributed by atoms with E-state index in [1.165, 1.54) is 5.56 Å². The summed E-state index contributed by atoms with van der Waals surface area (Å²) in [5.41, 5.74) is 3.16. The number of aryl methyl sites for hydroxylation is 2. The van der Waals surface area contributed by atoms with E-state index in [2.05, 4.69) is 15.6 Å². The van der Waals surface area contributed by atoms with Crippen LogP contribution in [-0.4, -0.2) is 28.5 Å². The molecule has 3 rings (SSSR count). The number of carbonyl (C=O) groups excluding carboxylic acids is 1. The zero-order valence-corrected chi connectivity index (χ0v) is 12.0. The summed E-state index contributed by atoms with van der Waals surface area (Å²) in [4.78, 5) is 16.1. The van der Waals surface area contributed by atoms with Crippen LogP contribution in [0.5, 0.6) is 0 Å². The van der Waals surface area contributed by atoms with Gasteiger partial charge in [0.15, 0.2) is 0 Å². The van der Waals surface area contributed by atoms with Gasteiger partial charge in [-0.2, -0.15) is 0 Å². The van der Waals surface area contributed by atoms with Gasteiger partial charge >= 0.3 is 0 Å². The molecular formula is C16H20N4O. The van der Waals surface area contributed by atoms with Gasteiger partial charge < -0.3 is 15.2 Å². The molecule has 110 valence electrons. The number of amides is 1. The van der Waals surface area contributed by atoms with Gasteiger partial charge in [-0.3, -0.25) is 4.79 Å². The van der Waals surface area contributed by atoms with Crippen molar-refractivity contribution < 1.29 is 4.79 Å². The highest BCUT2D eigenvalue weighted by Gasteiger charge is 2.12. The van der Waals surface area contributed by atoms with Crippen LogP contribution in [0.25, 0.3) is 0 Å². The molecule has 0 fully saturated rings. The summed E-state index contributed by atoms with van der Waals surface area (Å²) in [5.74, 6) is 0.00834. The summed E-state index contributed by atoms with van der Waals surface area (Å²) in [6.07, 6.45) is 8.55. The van der Waals surface area contributed by atoms with Crippen molar-refractivity contribution in [2.24, 2.45) is 0 Å². The Labute approximate surface area is 124 Å². The van der Waals surface area contributed by atoms with Crippen LogP contribution in [0.1, 0.15) is 28.8 Å². The van der Waals surface area contributed by atoms with Crippen LogP contribution in [0.4, 0.5) is 5.69 Å². The lowest BCUT2D eigenvalue weighted by Gasteiger charge is -2.18. The van der Waals surface area contributed by atoms with Gasteiger partial charge in [0.05, 0.1) is 6.33 Å². The summed E-state index contributed by atoms with van der Waals surface area (Å²) < 4.78 is 2.01. The number of carbonyl (C=O) groups is 1. The van der Waals surface area contributed by atoms with E-state index in [0.717, 1.165) is 43.6 Å². The van der Waals surface area contributed by atoms with Crippen LogP contribution in [0.15, 0.2) is 36.9 Å². The van der Waals surface area contributed by atoms with Crippen LogP contribution in [0.3, 0.4) is 0 Å². The van der Waals surface area contributed by atoms with Gasteiger partial charge in [-0.1, -0.05) is 0 Å². The minimum Gasteiger partial charge on any atom is -0.385 e. The van der Waals surface area contributed by atoms with Crippen LogP contribution in [-0.2, 0) is 13.0 Å². The number of fused-ring (bicyclic) bond motifs is 1. The number of nitrogens with zero attached hydrogens (tertiary/aromatic N) is 2. The SMILES string of the molecule is O=C(NCCCn1ccnc1)c1ccc2c(c1)CCCN2. The fourth-order valence-electron chi connectivity index (χ4n) is 2.60. The molecule has 0 saturated heterocycles. The molecule has 0 aliphatic carbocycles. The third-order valence-electron chi connectivity index (χ3n) is 3.74. The normalized spacial score (nSPS) is 13.3. The summed E-state index contributed by atoms with van der Waals surface area (Å²) in [7, 11) is 0. The van der Waals surface area contributed by atoms with E-state index in [0.29, 0.717) is 6.54 Å². The molecule has 0 atom stereocenters. The maximum atomic E-state index is 12.1. The van der Waals surface area contributed by atoms with E-state index in [9.17, 15) is 4.79 Å². The van der Waals surface area contributed by atoms with Gasteiger partial charge in [0, 0.05) is 43.3 Å². The molecule has 2 heterocycles. The highest BCUT2D eigenvalue weighted by molar-refractivity contribution is 5.94. The predicted molar refractivity (Wildman–Crippen MR) is 82.4 cm³/mol.